The van der Waals surface area contributed by atoms with Gasteiger partial charge in [-0.1, -0.05) is 42.4 Å². The van der Waals surface area contributed by atoms with Crippen molar-refractivity contribution >= 4 is 0 Å². The average Bonchev–Trinajstić information content (AvgIpc) is 2.95. The minimum absolute atomic E-state index is 0.395. The summed E-state index contributed by atoms with van der Waals surface area (Å²) in [6.45, 7) is 4.90. The maximum Gasteiger partial charge on any atom is 0.252 e. The van der Waals surface area contributed by atoms with Gasteiger partial charge in [-0.3, -0.25) is 0 Å². The number of aromatic nitrogens is 2. The molecule has 0 spiro atoms. The van der Waals surface area contributed by atoms with Gasteiger partial charge < -0.3 is 14.6 Å². The lowest BCUT2D eigenvalue weighted by molar-refractivity contribution is 0.0956. The van der Waals surface area contributed by atoms with Gasteiger partial charge in [0.05, 0.1) is 0 Å². The molecule has 0 aliphatic rings. The zero-order valence-electron chi connectivity index (χ0n) is 11.8. The highest BCUT2D eigenvalue weighted by molar-refractivity contribution is 5.14. The van der Waals surface area contributed by atoms with Crippen LogP contribution in [-0.4, -0.2) is 23.3 Å². The summed E-state index contributed by atoms with van der Waals surface area (Å²) < 4.78 is 10.5. The van der Waals surface area contributed by atoms with E-state index in [-0.39, 0.29) is 0 Å². The second-order valence-electron chi connectivity index (χ2n) is 4.53. The molecular formula is C15H21N3O2. The zero-order chi connectivity index (χ0) is 14.0. The molecule has 2 aromatic rings. The Morgan fingerprint density at radius 1 is 1.25 bits per heavy atom. The van der Waals surface area contributed by atoms with E-state index >= 15 is 0 Å². The Hall–Kier alpha value is -1.72. The van der Waals surface area contributed by atoms with E-state index in [2.05, 4.69) is 39.7 Å². The lowest BCUT2D eigenvalue weighted by Crippen LogP contribution is -2.16. The van der Waals surface area contributed by atoms with Crippen LogP contribution in [0.2, 0.25) is 0 Å². The van der Waals surface area contributed by atoms with E-state index in [0.717, 1.165) is 31.8 Å². The summed E-state index contributed by atoms with van der Waals surface area (Å²) in [5.41, 5.74) is 1.30. The van der Waals surface area contributed by atoms with Gasteiger partial charge in [-0.05, 0) is 18.5 Å². The molecular weight excluding hydrogens is 254 g/mol. The average molecular weight is 275 g/mol. The summed E-state index contributed by atoms with van der Waals surface area (Å²) in [4.78, 5) is 4.18. The summed E-state index contributed by atoms with van der Waals surface area (Å²) in [5.74, 6) is 1.28. The van der Waals surface area contributed by atoms with Crippen molar-refractivity contribution in [2.75, 3.05) is 13.2 Å². The molecule has 0 bridgehead atoms. The molecule has 0 radical (unpaired) electrons. The van der Waals surface area contributed by atoms with Crippen LogP contribution in [-0.2, 0) is 24.3 Å². The van der Waals surface area contributed by atoms with Gasteiger partial charge in [0, 0.05) is 19.6 Å². The van der Waals surface area contributed by atoms with Crippen LogP contribution in [0.25, 0.3) is 0 Å². The second kappa shape index (κ2) is 8.45. The van der Waals surface area contributed by atoms with Gasteiger partial charge in [0.1, 0.15) is 6.61 Å². The first-order valence-corrected chi connectivity index (χ1v) is 7.02. The third-order valence-corrected chi connectivity index (χ3v) is 2.87. The Kier molecular flexibility index (Phi) is 6.20. The molecule has 0 atom stereocenters. The topological polar surface area (TPSA) is 60.2 Å². The first-order chi connectivity index (χ1) is 9.88. The molecule has 1 aromatic heterocycles. The number of ether oxygens (including phenoxy) is 1. The molecule has 1 aromatic carbocycles. The Morgan fingerprint density at radius 2 is 2.10 bits per heavy atom. The number of aryl methyl sites for hydroxylation is 1. The van der Waals surface area contributed by atoms with Crippen molar-refractivity contribution in [1.29, 1.82) is 0 Å². The SMILES string of the molecule is CCc1noc(COCCCNCc2ccccc2)n1. The van der Waals surface area contributed by atoms with Crippen LogP contribution in [0.1, 0.15) is 30.6 Å². The van der Waals surface area contributed by atoms with Crippen molar-refractivity contribution in [3.05, 3.63) is 47.6 Å². The van der Waals surface area contributed by atoms with Crippen LogP contribution >= 0.6 is 0 Å². The van der Waals surface area contributed by atoms with E-state index in [4.69, 9.17) is 9.26 Å². The molecule has 0 saturated heterocycles. The Bertz CT molecular complexity index is 485. The number of benzene rings is 1. The third kappa shape index (κ3) is 5.11. The molecule has 20 heavy (non-hydrogen) atoms. The third-order valence-electron chi connectivity index (χ3n) is 2.87. The normalized spacial score (nSPS) is 10.8. The lowest BCUT2D eigenvalue weighted by atomic mass is 10.2. The van der Waals surface area contributed by atoms with Crippen molar-refractivity contribution in [2.24, 2.45) is 0 Å². The number of rotatable bonds is 9. The molecule has 0 aliphatic heterocycles. The maximum atomic E-state index is 5.49. The first-order valence-electron chi connectivity index (χ1n) is 7.02. The molecule has 1 N–H and O–H groups in total. The van der Waals surface area contributed by atoms with Crippen LogP contribution in [0.5, 0.6) is 0 Å². The van der Waals surface area contributed by atoms with E-state index in [0.29, 0.717) is 19.1 Å². The van der Waals surface area contributed by atoms with E-state index in [1.54, 1.807) is 0 Å². The first kappa shape index (κ1) is 14.7. The van der Waals surface area contributed by atoms with E-state index in [1.807, 2.05) is 13.0 Å². The summed E-state index contributed by atoms with van der Waals surface area (Å²) in [6.07, 6.45) is 1.74. The largest absolute Gasteiger partial charge is 0.372 e. The van der Waals surface area contributed by atoms with Crippen LogP contribution in [0.3, 0.4) is 0 Å². The predicted molar refractivity (Wildman–Crippen MR) is 76.1 cm³/mol. The highest BCUT2D eigenvalue weighted by Gasteiger charge is 2.03. The van der Waals surface area contributed by atoms with Crippen molar-refractivity contribution in [1.82, 2.24) is 15.5 Å². The molecule has 0 aliphatic carbocycles. The fourth-order valence-electron chi connectivity index (χ4n) is 1.78. The van der Waals surface area contributed by atoms with Crippen molar-refractivity contribution in [3.8, 4) is 0 Å². The molecule has 0 fully saturated rings. The molecule has 2 rings (SSSR count). The fraction of sp³-hybridized carbons (Fsp3) is 0.467. The summed E-state index contributed by atoms with van der Waals surface area (Å²) in [6, 6.07) is 10.4. The Morgan fingerprint density at radius 3 is 2.85 bits per heavy atom. The molecule has 0 amide bonds. The van der Waals surface area contributed by atoms with Crippen LogP contribution in [0.4, 0.5) is 0 Å². The van der Waals surface area contributed by atoms with Gasteiger partial charge in [0.2, 0.25) is 0 Å². The molecule has 5 heteroatoms. The minimum atomic E-state index is 0.395. The van der Waals surface area contributed by atoms with Gasteiger partial charge in [-0.25, -0.2) is 0 Å². The number of nitrogens with zero attached hydrogens (tertiary/aromatic N) is 2. The number of nitrogens with one attached hydrogen (secondary N) is 1. The molecule has 0 saturated carbocycles. The van der Waals surface area contributed by atoms with Crippen LogP contribution in [0, 0.1) is 0 Å². The van der Waals surface area contributed by atoms with Crippen LogP contribution in [0.15, 0.2) is 34.9 Å². The quantitative estimate of drug-likeness (QED) is 0.712. The highest BCUT2D eigenvalue weighted by atomic mass is 16.5. The number of hydrogen-bond acceptors (Lipinski definition) is 5. The monoisotopic (exact) mass is 275 g/mol. The summed E-state index contributed by atoms with van der Waals surface area (Å²) in [5, 5.41) is 7.20. The van der Waals surface area contributed by atoms with Crippen molar-refractivity contribution < 1.29 is 9.26 Å². The lowest BCUT2D eigenvalue weighted by Gasteiger charge is -2.04. The molecule has 5 nitrogen and oxygen atoms in total. The van der Waals surface area contributed by atoms with Gasteiger partial charge in [-0.15, -0.1) is 0 Å². The Balaban J connectivity index is 1.49. The van der Waals surface area contributed by atoms with E-state index < -0.39 is 0 Å². The zero-order valence-corrected chi connectivity index (χ0v) is 11.8. The summed E-state index contributed by atoms with van der Waals surface area (Å²) >= 11 is 0. The highest BCUT2D eigenvalue weighted by Crippen LogP contribution is 2.00. The maximum absolute atomic E-state index is 5.49. The van der Waals surface area contributed by atoms with Gasteiger partial charge >= 0.3 is 0 Å². The summed E-state index contributed by atoms with van der Waals surface area (Å²) in [7, 11) is 0. The molecule has 0 unspecified atom stereocenters. The van der Waals surface area contributed by atoms with Gasteiger partial charge in [0.25, 0.3) is 5.89 Å². The van der Waals surface area contributed by atoms with Crippen LogP contribution < -0.4 is 5.32 Å². The smallest absolute Gasteiger partial charge is 0.252 e. The molecule has 108 valence electrons. The standard InChI is InChI=1S/C15H21N3O2/c1-2-14-17-15(20-18-14)12-19-10-6-9-16-11-13-7-4-3-5-8-13/h3-5,7-8,16H,2,6,9-12H2,1H3. The number of hydrogen-bond donors (Lipinski definition) is 1. The Labute approximate surface area is 119 Å². The van der Waals surface area contributed by atoms with Gasteiger partial charge in [-0.2, -0.15) is 4.98 Å². The predicted octanol–water partition coefficient (Wildman–Crippen LogP) is 2.33. The van der Waals surface area contributed by atoms with E-state index in [9.17, 15) is 0 Å². The minimum Gasteiger partial charge on any atom is -0.372 e. The fourth-order valence-corrected chi connectivity index (χ4v) is 1.78. The second-order valence-corrected chi connectivity index (χ2v) is 4.53. The molecule has 1 heterocycles. The van der Waals surface area contributed by atoms with E-state index in [1.165, 1.54) is 5.56 Å². The van der Waals surface area contributed by atoms with Gasteiger partial charge in [0.15, 0.2) is 5.82 Å². The van der Waals surface area contributed by atoms with Crippen molar-refractivity contribution in [2.45, 2.75) is 32.9 Å². The van der Waals surface area contributed by atoms with Crippen molar-refractivity contribution in [3.63, 3.8) is 0 Å².